The van der Waals surface area contributed by atoms with E-state index in [0.717, 1.165) is 38.2 Å². The molecule has 0 radical (unpaired) electrons. The molecule has 144 valence electrons. The van der Waals surface area contributed by atoms with Gasteiger partial charge in [0.25, 0.3) is 0 Å². The summed E-state index contributed by atoms with van der Waals surface area (Å²) in [6.07, 6.45) is 1.99. The summed E-state index contributed by atoms with van der Waals surface area (Å²) in [4.78, 5) is 18.9. The Balaban J connectivity index is 1.69. The van der Waals surface area contributed by atoms with E-state index < -0.39 is 0 Å². The smallest absolute Gasteiger partial charge is 0.244 e. The highest BCUT2D eigenvalue weighted by atomic mass is 16.7. The molecule has 1 heterocycles. The Morgan fingerprint density at radius 1 is 1.31 bits per heavy atom. The summed E-state index contributed by atoms with van der Waals surface area (Å²) in [7, 11) is 0. The first-order valence-electron chi connectivity index (χ1n) is 9.66. The lowest BCUT2D eigenvalue weighted by Crippen LogP contribution is -2.61. The van der Waals surface area contributed by atoms with Gasteiger partial charge in [0, 0.05) is 31.6 Å². The molecular weight excluding hydrogens is 328 g/mol. The quantitative estimate of drug-likeness (QED) is 0.764. The number of nitrogens with zero attached hydrogens (tertiary/aromatic N) is 2. The number of hydrogen-bond acceptors (Lipinski definition) is 5. The van der Waals surface area contributed by atoms with E-state index >= 15 is 0 Å². The fourth-order valence-electron chi connectivity index (χ4n) is 3.26. The van der Waals surface area contributed by atoms with Crippen LogP contribution in [0.4, 0.5) is 5.69 Å². The average molecular weight is 361 g/mol. The van der Waals surface area contributed by atoms with Gasteiger partial charge in [-0.15, -0.1) is 0 Å². The minimum atomic E-state index is -0.211. The van der Waals surface area contributed by atoms with E-state index in [9.17, 15) is 4.79 Å². The molecule has 0 bridgehead atoms. The van der Waals surface area contributed by atoms with Crippen LogP contribution in [0.3, 0.4) is 0 Å². The molecule has 1 aromatic carbocycles. The second kappa shape index (κ2) is 7.94. The van der Waals surface area contributed by atoms with Crippen molar-refractivity contribution in [3.05, 3.63) is 30.3 Å². The summed E-state index contributed by atoms with van der Waals surface area (Å²) in [6, 6.07) is 10.1. The Morgan fingerprint density at radius 3 is 2.62 bits per heavy atom. The SMILES string of the molecule is CC(C1CN(OC(C)(C)C)CCN1)N(Nc1ccccc1)C(=O)C1CC1. The van der Waals surface area contributed by atoms with E-state index in [4.69, 9.17) is 4.84 Å². The Hall–Kier alpha value is -1.63. The van der Waals surface area contributed by atoms with Gasteiger partial charge in [0.2, 0.25) is 5.91 Å². The lowest BCUT2D eigenvalue weighted by Gasteiger charge is -2.42. The Labute approximate surface area is 156 Å². The zero-order valence-corrected chi connectivity index (χ0v) is 16.4. The predicted molar refractivity (Wildman–Crippen MR) is 103 cm³/mol. The van der Waals surface area contributed by atoms with Crippen molar-refractivity contribution in [2.24, 2.45) is 5.92 Å². The van der Waals surface area contributed by atoms with Crippen molar-refractivity contribution in [3.8, 4) is 0 Å². The molecule has 2 fully saturated rings. The zero-order chi connectivity index (χ0) is 18.7. The van der Waals surface area contributed by atoms with Crippen LogP contribution in [0, 0.1) is 5.92 Å². The summed E-state index contributed by atoms with van der Waals surface area (Å²) < 4.78 is 0. The standard InChI is InChI=1S/C20H32N4O2/c1-15(18-14-23(13-12-21-18)26-20(2,3)4)24(19(25)16-10-11-16)22-17-8-6-5-7-9-17/h5-9,15-16,18,21-22H,10-14H2,1-4H3. The zero-order valence-electron chi connectivity index (χ0n) is 16.4. The van der Waals surface area contributed by atoms with E-state index in [2.05, 4.69) is 38.4 Å². The van der Waals surface area contributed by atoms with Crippen LogP contribution in [0.2, 0.25) is 0 Å². The number of carbonyl (C=O) groups is 1. The molecule has 1 aromatic rings. The largest absolute Gasteiger partial charge is 0.309 e. The van der Waals surface area contributed by atoms with Crippen molar-refractivity contribution in [1.82, 2.24) is 15.4 Å². The van der Waals surface area contributed by atoms with Crippen LogP contribution in [0.5, 0.6) is 0 Å². The molecule has 26 heavy (non-hydrogen) atoms. The second-order valence-corrected chi connectivity index (χ2v) is 8.35. The third-order valence-electron chi connectivity index (χ3n) is 4.75. The fraction of sp³-hybridized carbons (Fsp3) is 0.650. The van der Waals surface area contributed by atoms with Crippen molar-refractivity contribution < 1.29 is 9.63 Å². The van der Waals surface area contributed by atoms with Crippen LogP contribution < -0.4 is 10.7 Å². The number of hydrazine groups is 1. The first-order chi connectivity index (χ1) is 12.3. The maximum Gasteiger partial charge on any atom is 0.244 e. The van der Waals surface area contributed by atoms with Crippen LogP contribution >= 0.6 is 0 Å². The van der Waals surface area contributed by atoms with Crippen LogP contribution in [-0.2, 0) is 9.63 Å². The molecule has 1 aliphatic carbocycles. The molecule has 6 nitrogen and oxygen atoms in total. The van der Waals surface area contributed by atoms with Crippen molar-refractivity contribution in [2.45, 2.75) is 58.2 Å². The van der Waals surface area contributed by atoms with Crippen LogP contribution in [-0.4, -0.2) is 53.3 Å². The molecule has 0 aromatic heterocycles. The van der Waals surface area contributed by atoms with E-state index in [0.29, 0.717) is 0 Å². The van der Waals surface area contributed by atoms with Crippen LogP contribution in [0.25, 0.3) is 0 Å². The first-order valence-corrected chi connectivity index (χ1v) is 9.66. The molecule has 2 N–H and O–H groups in total. The van der Waals surface area contributed by atoms with Gasteiger partial charge in [0.1, 0.15) is 0 Å². The topological polar surface area (TPSA) is 56.8 Å². The number of benzene rings is 1. The molecule has 1 saturated heterocycles. The minimum Gasteiger partial charge on any atom is -0.309 e. The lowest BCUT2D eigenvalue weighted by molar-refractivity contribution is -0.238. The molecule has 2 unspecified atom stereocenters. The highest BCUT2D eigenvalue weighted by Gasteiger charge is 2.39. The van der Waals surface area contributed by atoms with Crippen molar-refractivity contribution in [2.75, 3.05) is 25.1 Å². The normalized spacial score (nSPS) is 22.7. The monoisotopic (exact) mass is 360 g/mol. The second-order valence-electron chi connectivity index (χ2n) is 8.35. The van der Waals surface area contributed by atoms with Gasteiger partial charge in [-0.2, -0.15) is 5.06 Å². The molecule has 0 spiro atoms. The van der Waals surface area contributed by atoms with E-state index in [1.54, 1.807) is 0 Å². The number of carbonyl (C=O) groups excluding carboxylic acids is 1. The molecule has 3 rings (SSSR count). The molecule has 1 amide bonds. The highest BCUT2D eigenvalue weighted by Crippen LogP contribution is 2.32. The molecule has 1 aliphatic heterocycles. The van der Waals surface area contributed by atoms with Crippen molar-refractivity contribution in [1.29, 1.82) is 0 Å². The Morgan fingerprint density at radius 2 is 2.00 bits per heavy atom. The Kier molecular flexibility index (Phi) is 5.85. The maximum absolute atomic E-state index is 12.9. The number of amides is 1. The minimum absolute atomic E-state index is 0.00896. The summed E-state index contributed by atoms with van der Waals surface area (Å²) >= 11 is 0. The first kappa shape index (κ1) is 19.1. The third kappa shape index (κ3) is 5.19. The van der Waals surface area contributed by atoms with Gasteiger partial charge in [0.15, 0.2) is 0 Å². The van der Waals surface area contributed by atoms with Gasteiger partial charge < -0.3 is 5.32 Å². The van der Waals surface area contributed by atoms with Gasteiger partial charge in [-0.05, 0) is 52.7 Å². The van der Waals surface area contributed by atoms with Crippen molar-refractivity contribution >= 4 is 11.6 Å². The maximum atomic E-state index is 12.9. The molecule has 1 saturated carbocycles. The highest BCUT2D eigenvalue weighted by molar-refractivity contribution is 5.82. The number of hydroxylamine groups is 2. The van der Waals surface area contributed by atoms with Crippen molar-refractivity contribution in [3.63, 3.8) is 0 Å². The van der Waals surface area contributed by atoms with Gasteiger partial charge in [-0.25, -0.2) is 0 Å². The average Bonchev–Trinajstić information content (AvgIpc) is 3.43. The summed E-state index contributed by atoms with van der Waals surface area (Å²) in [5.41, 5.74) is 4.07. The van der Waals surface area contributed by atoms with Gasteiger partial charge in [-0.3, -0.25) is 20.1 Å². The van der Waals surface area contributed by atoms with E-state index in [1.807, 2.05) is 40.4 Å². The number of para-hydroxylation sites is 1. The van der Waals surface area contributed by atoms with Crippen LogP contribution in [0.15, 0.2) is 30.3 Å². The Bertz CT molecular complexity index is 598. The van der Waals surface area contributed by atoms with E-state index in [1.165, 1.54) is 0 Å². The van der Waals surface area contributed by atoms with Gasteiger partial charge in [-0.1, -0.05) is 18.2 Å². The third-order valence-corrected chi connectivity index (χ3v) is 4.75. The molecule has 2 atom stereocenters. The number of piperazine rings is 1. The summed E-state index contributed by atoms with van der Waals surface area (Å²) in [5.74, 6) is 0.358. The molecular formula is C20H32N4O2. The number of anilines is 1. The van der Waals surface area contributed by atoms with Gasteiger partial charge >= 0.3 is 0 Å². The number of rotatable bonds is 6. The summed E-state index contributed by atoms with van der Waals surface area (Å²) in [6.45, 7) is 10.7. The molecule has 2 aliphatic rings. The number of nitrogens with one attached hydrogen (secondary N) is 2. The summed E-state index contributed by atoms with van der Waals surface area (Å²) in [5, 5.41) is 7.41. The predicted octanol–water partition coefficient (Wildman–Crippen LogP) is 2.64. The lowest BCUT2D eigenvalue weighted by atomic mass is 10.1. The molecule has 6 heteroatoms. The number of hydrogen-bond donors (Lipinski definition) is 2. The van der Waals surface area contributed by atoms with E-state index in [-0.39, 0.29) is 29.5 Å². The van der Waals surface area contributed by atoms with Gasteiger partial charge in [0.05, 0.1) is 17.3 Å². The fourth-order valence-corrected chi connectivity index (χ4v) is 3.26. The van der Waals surface area contributed by atoms with Crippen LogP contribution in [0.1, 0.15) is 40.5 Å².